The van der Waals surface area contributed by atoms with E-state index in [1.807, 2.05) is 45.0 Å². The van der Waals surface area contributed by atoms with Gasteiger partial charge in [-0.1, -0.05) is 0 Å². The molecule has 0 radical (unpaired) electrons. The highest BCUT2D eigenvalue weighted by atomic mass is 16.5. The van der Waals surface area contributed by atoms with E-state index in [2.05, 4.69) is 26.1 Å². The molecule has 0 aliphatic heterocycles. The van der Waals surface area contributed by atoms with Gasteiger partial charge in [0.2, 0.25) is 0 Å². The lowest BCUT2D eigenvalue weighted by molar-refractivity contribution is 0.415. The Labute approximate surface area is 130 Å². The van der Waals surface area contributed by atoms with Crippen LogP contribution in [-0.4, -0.2) is 22.6 Å². The van der Waals surface area contributed by atoms with Crippen molar-refractivity contribution in [1.82, 2.24) is 15.4 Å². The third kappa shape index (κ3) is 4.23. The van der Waals surface area contributed by atoms with Crippen LogP contribution in [0.15, 0.2) is 30.6 Å². The fraction of sp³-hybridized carbons (Fsp3) is 0.333. The minimum absolute atomic E-state index is 0.110. The van der Waals surface area contributed by atoms with Crippen LogP contribution >= 0.6 is 0 Å². The van der Waals surface area contributed by atoms with Crippen LogP contribution < -0.4 is 26.6 Å². The van der Waals surface area contributed by atoms with Crippen LogP contribution in [-0.2, 0) is 0 Å². The zero-order valence-corrected chi connectivity index (χ0v) is 13.3. The number of hydrogen-bond acceptors (Lipinski definition) is 7. The van der Waals surface area contributed by atoms with Crippen molar-refractivity contribution in [2.75, 3.05) is 23.6 Å². The molecule has 0 bridgehead atoms. The molecule has 5 N–H and O–H groups in total. The second-order valence-corrected chi connectivity index (χ2v) is 5.84. The molecule has 0 saturated carbocycles. The number of nitrogen functional groups attached to an aromatic ring is 1. The number of rotatable bonds is 5. The fourth-order valence-corrected chi connectivity index (χ4v) is 1.65. The van der Waals surface area contributed by atoms with Crippen molar-refractivity contribution in [3.8, 4) is 5.75 Å². The topological polar surface area (TPSA) is 97.1 Å². The Balaban J connectivity index is 2.13. The quantitative estimate of drug-likeness (QED) is 0.630. The average Bonchev–Trinajstić information content (AvgIpc) is 2.48. The lowest BCUT2D eigenvalue weighted by Gasteiger charge is -2.22. The number of nitrogens with one attached hydrogen (secondary N) is 3. The number of benzene rings is 1. The molecule has 7 heteroatoms. The van der Waals surface area contributed by atoms with Gasteiger partial charge in [-0.25, -0.2) is 15.4 Å². The highest BCUT2D eigenvalue weighted by Crippen LogP contribution is 2.26. The maximum absolute atomic E-state index is 6.10. The van der Waals surface area contributed by atoms with Crippen molar-refractivity contribution in [3.63, 3.8) is 0 Å². The smallest absolute Gasteiger partial charge is 0.169 e. The summed E-state index contributed by atoms with van der Waals surface area (Å²) >= 11 is 0. The third-order valence-electron chi connectivity index (χ3n) is 2.79. The predicted octanol–water partition coefficient (Wildman–Crippen LogP) is 2.53. The van der Waals surface area contributed by atoms with E-state index in [4.69, 9.17) is 10.5 Å². The van der Waals surface area contributed by atoms with Crippen molar-refractivity contribution in [2.24, 2.45) is 0 Å². The van der Waals surface area contributed by atoms with E-state index < -0.39 is 0 Å². The molecule has 22 heavy (non-hydrogen) atoms. The molecular formula is C15H22N6O. The van der Waals surface area contributed by atoms with Crippen LogP contribution in [0.5, 0.6) is 5.75 Å². The number of ether oxygens (including phenoxy) is 1. The molecule has 2 rings (SSSR count). The zero-order chi connectivity index (χ0) is 16.2. The number of methoxy groups -OCH3 is 1. The van der Waals surface area contributed by atoms with Crippen LogP contribution in [0.1, 0.15) is 20.8 Å². The highest BCUT2D eigenvalue weighted by Gasteiger charge is 2.12. The Morgan fingerprint density at radius 3 is 2.27 bits per heavy atom. The second kappa shape index (κ2) is 6.48. The number of hydrogen-bond donors (Lipinski definition) is 4. The summed E-state index contributed by atoms with van der Waals surface area (Å²) in [5, 5.41) is 3.16. The van der Waals surface area contributed by atoms with Gasteiger partial charge >= 0.3 is 0 Å². The first kappa shape index (κ1) is 15.8. The summed E-state index contributed by atoms with van der Waals surface area (Å²) in [5.74, 6) is 1.86. The van der Waals surface area contributed by atoms with Gasteiger partial charge in [-0.2, -0.15) is 0 Å². The van der Waals surface area contributed by atoms with E-state index in [1.54, 1.807) is 7.11 Å². The van der Waals surface area contributed by atoms with E-state index in [1.165, 1.54) is 6.33 Å². The second-order valence-electron chi connectivity index (χ2n) is 5.84. The van der Waals surface area contributed by atoms with Gasteiger partial charge in [0.15, 0.2) is 11.6 Å². The maximum Gasteiger partial charge on any atom is 0.169 e. The van der Waals surface area contributed by atoms with E-state index in [9.17, 15) is 0 Å². The van der Waals surface area contributed by atoms with E-state index >= 15 is 0 Å². The van der Waals surface area contributed by atoms with Crippen LogP contribution in [0.25, 0.3) is 0 Å². The van der Waals surface area contributed by atoms with Crippen molar-refractivity contribution >= 4 is 23.0 Å². The summed E-state index contributed by atoms with van der Waals surface area (Å²) < 4.78 is 5.13. The minimum Gasteiger partial charge on any atom is -0.497 e. The summed E-state index contributed by atoms with van der Waals surface area (Å²) in [6.45, 7) is 6.11. The molecule has 1 aromatic heterocycles. The van der Waals surface area contributed by atoms with Crippen molar-refractivity contribution < 1.29 is 4.74 Å². The van der Waals surface area contributed by atoms with Gasteiger partial charge in [0.25, 0.3) is 0 Å². The van der Waals surface area contributed by atoms with Gasteiger partial charge in [-0.15, -0.1) is 0 Å². The number of nitrogens with two attached hydrogens (primary N) is 1. The van der Waals surface area contributed by atoms with Crippen molar-refractivity contribution in [3.05, 3.63) is 30.6 Å². The standard InChI is InChI=1S/C15H22N6O/c1-15(2,3)21-20-14-12(16)13(17-9-18-14)19-10-5-7-11(22-4)8-6-10/h5-9,21H,16H2,1-4H3,(H2,17,18,19,20). The first-order valence-electron chi connectivity index (χ1n) is 6.94. The summed E-state index contributed by atoms with van der Waals surface area (Å²) in [4.78, 5) is 8.32. The van der Waals surface area contributed by atoms with Crippen LogP contribution in [0, 0.1) is 0 Å². The van der Waals surface area contributed by atoms with Crippen LogP contribution in [0.4, 0.5) is 23.0 Å². The first-order chi connectivity index (χ1) is 10.4. The summed E-state index contributed by atoms with van der Waals surface area (Å²) in [6.07, 6.45) is 1.45. The molecule has 0 fully saturated rings. The molecule has 7 nitrogen and oxygen atoms in total. The zero-order valence-electron chi connectivity index (χ0n) is 13.3. The fourth-order valence-electron chi connectivity index (χ4n) is 1.65. The SMILES string of the molecule is COc1ccc(Nc2ncnc(NNC(C)(C)C)c2N)cc1. The lowest BCUT2D eigenvalue weighted by Crippen LogP contribution is -2.40. The Morgan fingerprint density at radius 1 is 1.05 bits per heavy atom. The number of hydrazine groups is 1. The number of nitrogens with zero attached hydrogens (tertiary/aromatic N) is 2. The Kier molecular flexibility index (Phi) is 4.67. The lowest BCUT2D eigenvalue weighted by atomic mass is 10.1. The average molecular weight is 302 g/mol. The van der Waals surface area contributed by atoms with Gasteiger partial charge in [0, 0.05) is 11.2 Å². The van der Waals surface area contributed by atoms with Gasteiger partial charge < -0.3 is 21.2 Å². The molecule has 2 aromatic rings. The predicted molar refractivity (Wildman–Crippen MR) is 89.2 cm³/mol. The van der Waals surface area contributed by atoms with E-state index in [-0.39, 0.29) is 5.54 Å². The van der Waals surface area contributed by atoms with E-state index in [0.717, 1.165) is 11.4 Å². The normalized spacial score (nSPS) is 11.1. The molecule has 0 saturated heterocycles. The van der Waals surface area contributed by atoms with Gasteiger partial charge in [-0.05, 0) is 45.0 Å². The summed E-state index contributed by atoms with van der Waals surface area (Å²) in [5.41, 5.74) is 13.4. The molecule has 0 unspecified atom stereocenters. The molecule has 0 amide bonds. The number of anilines is 4. The van der Waals surface area contributed by atoms with Crippen LogP contribution in [0.2, 0.25) is 0 Å². The Bertz CT molecular complexity index is 621. The summed E-state index contributed by atoms with van der Waals surface area (Å²) in [6, 6.07) is 7.50. The Morgan fingerprint density at radius 2 is 1.68 bits per heavy atom. The molecule has 1 aromatic carbocycles. The van der Waals surface area contributed by atoms with Gasteiger partial charge in [-0.3, -0.25) is 0 Å². The molecule has 0 aliphatic carbocycles. The molecule has 1 heterocycles. The number of aromatic nitrogens is 2. The van der Waals surface area contributed by atoms with Gasteiger partial charge in [0.1, 0.15) is 17.8 Å². The Hall–Kier alpha value is -2.54. The molecule has 0 atom stereocenters. The molecule has 0 spiro atoms. The van der Waals surface area contributed by atoms with Crippen molar-refractivity contribution in [1.29, 1.82) is 0 Å². The minimum atomic E-state index is -0.110. The van der Waals surface area contributed by atoms with Gasteiger partial charge in [0.05, 0.1) is 7.11 Å². The largest absolute Gasteiger partial charge is 0.497 e. The monoisotopic (exact) mass is 302 g/mol. The van der Waals surface area contributed by atoms with E-state index in [0.29, 0.717) is 17.3 Å². The molecule has 118 valence electrons. The summed E-state index contributed by atoms with van der Waals surface area (Å²) in [7, 11) is 1.63. The van der Waals surface area contributed by atoms with Crippen molar-refractivity contribution in [2.45, 2.75) is 26.3 Å². The van der Waals surface area contributed by atoms with Crippen LogP contribution in [0.3, 0.4) is 0 Å². The highest BCUT2D eigenvalue weighted by molar-refractivity contribution is 5.77. The molecular weight excluding hydrogens is 280 g/mol. The third-order valence-corrected chi connectivity index (χ3v) is 2.79. The maximum atomic E-state index is 6.10. The first-order valence-corrected chi connectivity index (χ1v) is 6.94. The molecule has 0 aliphatic rings.